The Morgan fingerprint density at radius 2 is 2.25 bits per heavy atom. The van der Waals surface area contributed by atoms with E-state index in [0.717, 1.165) is 28.9 Å². The summed E-state index contributed by atoms with van der Waals surface area (Å²) in [4.78, 5) is 3.23. The Bertz CT molecular complexity index is 799. The fourth-order valence-corrected chi connectivity index (χ4v) is 2.52. The van der Waals surface area contributed by atoms with Gasteiger partial charge in [0.25, 0.3) is 0 Å². The van der Waals surface area contributed by atoms with E-state index in [2.05, 4.69) is 17.0 Å². The number of nitrogens with zero attached hydrogens (tertiary/aromatic N) is 3. The number of benzene rings is 1. The van der Waals surface area contributed by atoms with E-state index in [0.29, 0.717) is 11.4 Å². The lowest BCUT2D eigenvalue weighted by molar-refractivity contribution is 0.320. The van der Waals surface area contributed by atoms with Crippen molar-refractivity contribution in [1.82, 2.24) is 19.3 Å². The first-order valence-corrected chi connectivity index (χ1v) is 6.97. The first-order chi connectivity index (χ1) is 9.70. The second kappa shape index (κ2) is 5.13. The molecule has 0 fully saturated rings. The molecule has 3 rings (SSSR count). The lowest BCUT2D eigenvalue weighted by Crippen LogP contribution is -1.96. The normalized spacial score (nSPS) is 11.1. The molecular formula is C14H16N4OS. The summed E-state index contributed by atoms with van der Waals surface area (Å²) in [6.07, 6.45) is 4.70. The molecule has 0 aliphatic carbocycles. The maximum absolute atomic E-state index is 5.77. The first-order valence-electron chi connectivity index (χ1n) is 6.56. The van der Waals surface area contributed by atoms with E-state index in [-0.39, 0.29) is 0 Å². The van der Waals surface area contributed by atoms with Crippen LogP contribution in [-0.2, 0) is 7.05 Å². The van der Waals surface area contributed by atoms with Gasteiger partial charge in [0.1, 0.15) is 11.3 Å². The molecule has 0 spiro atoms. The van der Waals surface area contributed by atoms with E-state index in [4.69, 9.17) is 17.0 Å². The van der Waals surface area contributed by atoms with E-state index in [9.17, 15) is 0 Å². The summed E-state index contributed by atoms with van der Waals surface area (Å²) >= 11 is 5.43. The topological polar surface area (TPSA) is 47.8 Å². The molecule has 0 amide bonds. The molecular weight excluding hydrogens is 272 g/mol. The van der Waals surface area contributed by atoms with Gasteiger partial charge in [0, 0.05) is 13.2 Å². The molecule has 2 aromatic heterocycles. The van der Waals surface area contributed by atoms with E-state index in [1.54, 1.807) is 10.9 Å². The monoisotopic (exact) mass is 288 g/mol. The molecule has 20 heavy (non-hydrogen) atoms. The molecule has 0 bridgehead atoms. The molecule has 1 aromatic carbocycles. The van der Waals surface area contributed by atoms with Crippen LogP contribution in [0.1, 0.15) is 13.3 Å². The van der Waals surface area contributed by atoms with Crippen molar-refractivity contribution in [2.24, 2.45) is 7.05 Å². The molecule has 0 saturated carbocycles. The van der Waals surface area contributed by atoms with Gasteiger partial charge in [-0.3, -0.25) is 9.25 Å². The zero-order valence-electron chi connectivity index (χ0n) is 11.5. The predicted molar refractivity (Wildman–Crippen MR) is 81.0 cm³/mol. The number of aromatic amines is 1. The minimum Gasteiger partial charge on any atom is -0.491 e. The Hall–Kier alpha value is -2.08. The molecule has 0 unspecified atom stereocenters. The number of aromatic nitrogens is 4. The summed E-state index contributed by atoms with van der Waals surface area (Å²) in [6.45, 7) is 2.78. The molecule has 0 saturated heterocycles. The van der Waals surface area contributed by atoms with Crippen LogP contribution in [0.25, 0.3) is 16.7 Å². The van der Waals surface area contributed by atoms with Gasteiger partial charge in [-0.25, -0.2) is 0 Å². The number of rotatable bonds is 4. The number of para-hydroxylation sites is 1. The second-order valence-corrected chi connectivity index (χ2v) is 5.02. The summed E-state index contributed by atoms with van der Waals surface area (Å²) < 4.78 is 10.1. The molecule has 1 N–H and O–H groups in total. The van der Waals surface area contributed by atoms with Crippen molar-refractivity contribution in [2.75, 3.05) is 6.61 Å². The third kappa shape index (κ3) is 2.12. The standard InChI is InChI=1S/C14H16N4OS/c1-3-7-19-12-6-4-5-11-13(12)16-14(20)18(11)10-8-15-17(2)9-10/h4-6,8-9H,3,7H2,1-2H3,(H,16,20). The van der Waals surface area contributed by atoms with Crippen molar-refractivity contribution in [3.05, 3.63) is 35.4 Å². The van der Waals surface area contributed by atoms with Gasteiger partial charge in [0.05, 0.1) is 24.0 Å². The fraction of sp³-hybridized carbons (Fsp3) is 0.286. The van der Waals surface area contributed by atoms with Crippen molar-refractivity contribution in [2.45, 2.75) is 13.3 Å². The molecule has 0 radical (unpaired) electrons. The number of aryl methyl sites for hydroxylation is 1. The summed E-state index contributed by atoms with van der Waals surface area (Å²) in [6, 6.07) is 5.95. The number of imidazole rings is 1. The zero-order valence-corrected chi connectivity index (χ0v) is 12.3. The molecule has 0 aliphatic rings. The Labute approximate surface area is 121 Å². The van der Waals surface area contributed by atoms with Crippen LogP contribution in [0.2, 0.25) is 0 Å². The number of nitrogens with one attached hydrogen (secondary N) is 1. The molecule has 2 heterocycles. The summed E-state index contributed by atoms with van der Waals surface area (Å²) in [5.41, 5.74) is 2.86. The Morgan fingerprint density at radius 1 is 1.40 bits per heavy atom. The number of ether oxygens (including phenoxy) is 1. The Kier molecular flexibility index (Phi) is 3.31. The highest BCUT2D eigenvalue weighted by Gasteiger charge is 2.11. The van der Waals surface area contributed by atoms with E-state index in [1.807, 2.05) is 36.0 Å². The highest BCUT2D eigenvalue weighted by atomic mass is 32.1. The maximum Gasteiger partial charge on any atom is 0.182 e. The van der Waals surface area contributed by atoms with Crippen LogP contribution in [0.3, 0.4) is 0 Å². The van der Waals surface area contributed by atoms with Crippen LogP contribution < -0.4 is 4.74 Å². The molecule has 3 aromatic rings. The van der Waals surface area contributed by atoms with Crippen LogP contribution in [-0.4, -0.2) is 25.9 Å². The second-order valence-electron chi connectivity index (χ2n) is 4.64. The van der Waals surface area contributed by atoms with Crippen LogP contribution >= 0.6 is 12.2 Å². The number of hydrogen-bond acceptors (Lipinski definition) is 3. The van der Waals surface area contributed by atoms with Gasteiger partial charge in [-0.2, -0.15) is 5.10 Å². The minimum atomic E-state index is 0.639. The van der Waals surface area contributed by atoms with Gasteiger partial charge in [-0.05, 0) is 30.8 Å². The highest BCUT2D eigenvalue weighted by molar-refractivity contribution is 7.71. The van der Waals surface area contributed by atoms with Crippen molar-refractivity contribution >= 4 is 23.3 Å². The number of fused-ring (bicyclic) bond motifs is 1. The molecule has 5 nitrogen and oxygen atoms in total. The van der Waals surface area contributed by atoms with Crippen LogP contribution in [0.4, 0.5) is 0 Å². The molecule has 6 heteroatoms. The van der Waals surface area contributed by atoms with Gasteiger partial charge in [0.2, 0.25) is 0 Å². The van der Waals surface area contributed by atoms with E-state index >= 15 is 0 Å². The minimum absolute atomic E-state index is 0.639. The highest BCUT2D eigenvalue weighted by Crippen LogP contribution is 2.27. The van der Waals surface area contributed by atoms with E-state index < -0.39 is 0 Å². The lowest BCUT2D eigenvalue weighted by Gasteiger charge is -2.06. The smallest absolute Gasteiger partial charge is 0.182 e. The van der Waals surface area contributed by atoms with Gasteiger partial charge in [0.15, 0.2) is 4.77 Å². The van der Waals surface area contributed by atoms with Crippen molar-refractivity contribution < 1.29 is 4.74 Å². The average Bonchev–Trinajstić information content (AvgIpc) is 2.99. The van der Waals surface area contributed by atoms with Crippen LogP contribution in [0, 0.1) is 4.77 Å². The Morgan fingerprint density at radius 3 is 2.95 bits per heavy atom. The third-order valence-electron chi connectivity index (χ3n) is 3.09. The van der Waals surface area contributed by atoms with Gasteiger partial charge in [-0.15, -0.1) is 0 Å². The van der Waals surface area contributed by atoms with E-state index in [1.165, 1.54) is 0 Å². The third-order valence-corrected chi connectivity index (χ3v) is 3.38. The quantitative estimate of drug-likeness (QED) is 0.750. The first kappa shape index (κ1) is 12.9. The lowest BCUT2D eigenvalue weighted by atomic mass is 10.3. The summed E-state index contributed by atoms with van der Waals surface area (Å²) in [5, 5.41) is 4.20. The largest absolute Gasteiger partial charge is 0.491 e. The van der Waals surface area contributed by atoms with Gasteiger partial charge >= 0.3 is 0 Å². The van der Waals surface area contributed by atoms with Gasteiger partial charge < -0.3 is 9.72 Å². The van der Waals surface area contributed by atoms with Crippen molar-refractivity contribution in [3.8, 4) is 11.4 Å². The average molecular weight is 288 g/mol. The maximum atomic E-state index is 5.77. The van der Waals surface area contributed by atoms with Gasteiger partial charge in [-0.1, -0.05) is 13.0 Å². The molecule has 104 valence electrons. The van der Waals surface area contributed by atoms with Crippen LogP contribution in [0.15, 0.2) is 30.6 Å². The predicted octanol–water partition coefficient (Wildman–Crippen LogP) is 3.21. The SMILES string of the molecule is CCCOc1cccc2c1[nH]c(=S)n2-c1cnn(C)c1. The van der Waals surface area contributed by atoms with Crippen LogP contribution in [0.5, 0.6) is 5.75 Å². The number of H-pyrrole nitrogens is 1. The number of hydrogen-bond donors (Lipinski definition) is 1. The Balaban J connectivity index is 2.19. The summed E-state index contributed by atoms with van der Waals surface area (Å²) in [5.74, 6) is 0.832. The van der Waals surface area contributed by atoms with Crippen molar-refractivity contribution in [1.29, 1.82) is 0 Å². The molecule has 0 aliphatic heterocycles. The van der Waals surface area contributed by atoms with Crippen molar-refractivity contribution in [3.63, 3.8) is 0 Å². The molecule has 0 atom stereocenters. The summed E-state index contributed by atoms with van der Waals surface area (Å²) in [7, 11) is 1.89. The zero-order chi connectivity index (χ0) is 14.1. The fourth-order valence-electron chi connectivity index (χ4n) is 2.22.